The van der Waals surface area contributed by atoms with Crippen molar-refractivity contribution in [2.75, 3.05) is 0 Å². The van der Waals surface area contributed by atoms with Gasteiger partial charge in [0.1, 0.15) is 68.1 Å². The fourth-order valence-corrected chi connectivity index (χ4v) is 16.8. The van der Waals surface area contributed by atoms with Gasteiger partial charge in [0, 0.05) is 11.1 Å². The molecule has 6 aromatic carbocycles. The summed E-state index contributed by atoms with van der Waals surface area (Å²) in [5.41, 5.74) is 12.2. The van der Waals surface area contributed by atoms with E-state index < -0.39 is 5.60 Å². The Kier molecular flexibility index (Phi) is 30.2. The van der Waals surface area contributed by atoms with E-state index in [1.54, 1.807) is 0 Å². The van der Waals surface area contributed by atoms with E-state index in [0.29, 0.717) is 52.8 Å². The molecular weight excluding hydrogens is 1520 g/mol. The molecule has 7 nitrogen and oxygen atoms in total. The minimum atomic E-state index is -0.801. The summed E-state index contributed by atoms with van der Waals surface area (Å²) in [5, 5.41) is 10.7. The lowest BCUT2D eigenvalue weighted by Gasteiger charge is -2.30. The molecule has 6 aromatic rings. The Morgan fingerprint density at radius 3 is 1.00 bits per heavy atom. The van der Waals surface area contributed by atoms with Crippen molar-refractivity contribution in [2.45, 2.75) is 402 Å². The number of aliphatic hydroxyl groups is 1. The zero-order valence-electron chi connectivity index (χ0n) is 76.1. The number of benzene rings is 6. The Bertz CT molecular complexity index is 3970. The normalized spacial score (nSPS) is 19.6. The lowest BCUT2D eigenvalue weighted by Crippen LogP contribution is -2.29. The second kappa shape index (κ2) is 37.1. The Balaban J connectivity index is 0.000000156. The number of ether oxygens (including phenoxy) is 6. The molecule has 8 saturated carbocycles. The fraction of sp³-hybridized carbons (Fsp3) is 0.654. The van der Waals surface area contributed by atoms with Crippen LogP contribution in [0.15, 0.2) is 118 Å². The summed E-state index contributed by atoms with van der Waals surface area (Å²) in [6.45, 7) is 63.2. The van der Waals surface area contributed by atoms with Gasteiger partial charge in [-0.15, -0.1) is 0 Å². The van der Waals surface area contributed by atoms with E-state index in [0.717, 1.165) is 92.3 Å². The molecular formula is C104H154Br2O7. The van der Waals surface area contributed by atoms with Crippen molar-refractivity contribution in [3.8, 4) is 34.5 Å². The summed E-state index contributed by atoms with van der Waals surface area (Å²) in [6, 6.07) is 39.3. The number of halogens is 2. The molecule has 0 heterocycles. The first-order chi connectivity index (χ1) is 52.5. The van der Waals surface area contributed by atoms with Crippen LogP contribution in [0.2, 0.25) is 0 Å². The van der Waals surface area contributed by atoms with Crippen molar-refractivity contribution in [2.24, 2.45) is 35.5 Å². The van der Waals surface area contributed by atoms with Gasteiger partial charge in [0.25, 0.3) is 0 Å². The van der Waals surface area contributed by atoms with Gasteiger partial charge in [-0.05, 0) is 417 Å². The molecule has 0 aliphatic heterocycles. The van der Waals surface area contributed by atoms with Crippen molar-refractivity contribution in [3.05, 3.63) is 174 Å². The molecule has 14 rings (SSSR count). The Morgan fingerprint density at radius 2 is 0.637 bits per heavy atom. The second-order valence-electron chi connectivity index (χ2n) is 42.4. The minimum Gasteiger partial charge on any atom is -0.488 e. The maximum Gasteiger partial charge on any atom is 0.140 e. The Labute approximate surface area is 706 Å². The maximum atomic E-state index is 10.7. The molecule has 7 unspecified atom stereocenters. The lowest BCUT2D eigenvalue weighted by atomic mass is 9.88. The molecule has 0 bridgehead atoms. The van der Waals surface area contributed by atoms with Gasteiger partial charge in [0.15, 0.2) is 0 Å². The number of para-hydroxylation sites is 6. The molecule has 7 atom stereocenters. The number of hydrogen-bond donors (Lipinski definition) is 1. The van der Waals surface area contributed by atoms with Crippen LogP contribution in [-0.2, 0) is 11.0 Å². The standard InChI is InChI=1S/C19H28O.C19H30O.C18H26O.C18H28O.C15H21BrO2.C15H21BrO/c1-13(14-9-10-14)15-7-6-8-16(19(5)11-12-19)17(15)20-18(2,3)4;1-7-13(2)16-9-8-10-17(14(3)15-11-12-15)18(16)20-19(4,5)6;1-12(13-8-9-13)15-6-5-7-16(14-10-11-14)17(15)19-18(2,3)4;1-12(2)15-8-7-9-16(13(3)14-10-11-14)17(15)19-18(4,5)6;1-14(2,3)18-13-11(6-5-7-12(13)16)15(4,17)10-8-9-10;1-10(11-8-9-11)12-6-5-7-13(16)14(12)17-15(2,3)4/h6-8,13-14H,9-12H2,1-5H3;8-10,13-15H,7,11-12H2,1-6H3;5-7,12-14H,8-11H2,1-4H3;7-9,12-14H,10-11H2,1-6H3;5-7,10,17H,8-9H2,1-4H3;5-7,10-11H,8-9H2,1-4H3. The predicted molar refractivity (Wildman–Crippen MR) is 486 cm³/mol. The third-order valence-corrected chi connectivity index (χ3v) is 25.4. The summed E-state index contributed by atoms with van der Waals surface area (Å²) in [4.78, 5) is 0. The highest BCUT2D eigenvalue weighted by Crippen LogP contribution is 2.57. The van der Waals surface area contributed by atoms with Crippen molar-refractivity contribution in [1.82, 2.24) is 0 Å². The molecule has 0 spiro atoms. The summed E-state index contributed by atoms with van der Waals surface area (Å²) in [5.74, 6) is 16.1. The molecule has 0 amide bonds. The monoisotopic (exact) mass is 1670 g/mol. The fourth-order valence-electron chi connectivity index (χ4n) is 15.8. The van der Waals surface area contributed by atoms with Crippen molar-refractivity contribution in [3.63, 3.8) is 0 Å². The SMILES string of the molecule is CC(C)(C)Oc1c(Br)cccc1C(C)(O)C1CC1.CC(C)c1cccc(C(C)C2CC2)c1OC(C)(C)C.CC(c1cccc(Br)c1OC(C)(C)C)C1CC1.CC(c1cccc(C2(C)CC2)c1OC(C)(C)C)C1CC1.CC(c1cccc(C2CC2)c1OC(C)(C)C)C1CC1.CCC(C)c1cccc(C(C)C2CC2)c1OC(C)(C)C. The van der Waals surface area contributed by atoms with Gasteiger partial charge in [-0.3, -0.25) is 0 Å². The highest BCUT2D eigenvalue weighted by Gasteiger charge is 2.46. The minimum absolute atomic E-state index is 0.108. The van der Waals surface area contributed by atoms with Crippen LogP contribution in [0.5, 0.6) is 34.5 Å². The second-order valence-corrected chi connectivity index (χ2v) is 44.1. The van der Waals surface area contributed by atoms with Gasteiger partial charge in [0.05, 0.1) is 14.5 Å². The summed E-state index contributed by atoms with van der Waals surface area (Å²) in [7, 11) is 0. The van der Waals surface area contributed by atoms with Gasteiger partial charge in [-0.2, -0.15) is 0 Å². The van der Waals surface area contributed by atoms with Gasteiger partial charge < -0.3 is 33.5 Å². The van der Waals surface area contributed by atoms with Crippen LogP contribution in [0.25, 0.3) is 0 Å². The van der Waals surface area contributed by atoms with E-state index in [1.165, 1.54) is 151 Å². The van der Waals surface area contributed by atoms with E-state index in [1.807, 2.05) is 45.9 Å². The molecule has 626 valence electrons. The predicted octanol–water partition coefficient (Wildman–Crippen LogP) is 31.5. The summed E-state index contributed by atoms with van der Waals surface area (Å²) >= 11 is 7.14. The molecule has 1 N–H and O–H groups in total. The highest BCUT2D eigenvalue weighted by molar-refractivity contribution is 9.11. The van der Waals surface area contributed by atoms with Crippen LogP contribution in [-0.4, -0.2) is 38.7 Å². The van der Waals surface area contributed by atoms with Crippen LogP contribution in [0.1, 0.15) is 413 Å². The zero-order chi connectivity index (χ0) is 83.5. The maximum absolute atomic E-state index is 10.7. The van der Waals surface area contributed by atoms with Gasteiger partial charge in [0.2, 0.25) is 0 Å². The summed E-state index contributed by atoms with van der Waals surface area (Å²) in [6.07, 6.45) is 22.4. The lowest BCUT2D eigenvalue weighted by molar-refractivity contribution is 0.0255. The number of rotatable bonds is 23. The summed E-state index contributed by atoms with van der Waals surface area (Å²) < 4.78 is 39.6. The molecule has 8 aliphatic rings. The number of hydrogen-bond acceptors (Lipinski definition) is 7. The Morgan fingerprint density at radius 1 is 0.345 bits per heavy atom. The van der Waals surface area contributed by atoms with Crippen molar-refractivity contribution >= 4 is 31.9 Å². The van der Waals surface area contributed by atoms with E-state index in [2.05, 4.69) is 296 Å². The first-order valence-electron chi connectivity index (χ1n) is 44.4. The third-order valence-electron chi connectivity index (χ3n) is 24.1. The first kappa shape index (κ1) is 91.9. The highest BCUT2D eigenvalue weighted by atomic mass is 79.9. The van der Waals surface area contributed by atoms with Crippen LogP contribution >= 0.6 is 31.9 Å². The molecule has 0 radical (unpaired) electrons. The van der Waals surface area contributed by atoms with Crippen LogP contribution in [0.4, 0.5) is 0 Å². The Hall–Kier alpha value is -4.96. The molecule has 8 fully saturated rings. The van der Waals surface area contributed by atoms with Gasteiger partial charge >= 0.3 is 0 Å². The smallest absolute Gasteiger partial charge is 0.140 e. The van der Waals surface area contributed by atoms with Gasteiger partial charge in [-0.1, -0.05) is 166 Å². The molecule has 8 aliphatic carbocycles. The quantitative estimate of drug-likeness (QED) is 0.0685. The molecule has 0 aromatic heterocycles. The average Bonchev–Trinajstić information content (AvgIpc) is 1.58. The van der Waals surface area contributed by atoms with Crippen LogP contribution < -0.4 is 28.4 Å². The molecule has 0 saturated heterocycles. The van der Waals surface area contributed by atoms with E-state index in [4.69, 9.17) is 28.4 Å². The van der Waals surface area contributed by atoms with Gasteiger partial charge in [-0.25, -0.2) is 0 Å². The topological polar surface area (TPSA) is 75.6 Å². The molecule has 9 heteroatoms. The zero-order valence-corrected chi connectivity index (χ0v) is 79.3. The largest absolute Gasteiger partial charge is 0.488 e. The first-order valence-corrected chi connectivity index (χ1v) is 46.0. The van der Waals surface area contributed by atoms with Crippen LogP contribution in [0, 0.1) is 35.5 Å². The van der Waals surface area contributed by atoms with Crippen molar-refractivity contribution in [1.29, 1.82) is 0 Å². The third kappa shape index (κ3) is 27.6. The van der Waals surface area contributed by atoms with E-state index in [9.17, 15) is 5.11 Å². The van der Waals surface area contributed by atoms with E-state index in [-0.39, 0.29) is 33.6 Å². The van der Waals surface area contributed by atoms with Crippen LogP contribution in [0.3, 0.4) is 0 Å². The van der Waals surface area contributed by atoms with E-state index >= 15 is 0 Å². The molecule has 113 heavy (non-hydrogen) atoms. The average molecular weight is 1680 g/mol. The van der Waals surface area contributed by atoms with Crippen molar-refractivity contribution < 1.29 is 33.5 Å².